The van der Waals surface area contributed by atoms with Gasteiger partial charge in [0.05, 0.1) is 0 Å². The number of anilines is 3. The summed E-state index contributed by atoms with van der Waals surface area (Å²) in [6.07, 6.45) is -3.85. The monoisotopic (exact) mass is 342 g/mol. The maximum absolute atomic E-state index is 14.0. The zero-order chi connectivity index (χ0) is 17.9. The average molecular weight is 342 g/mol. The number of hydrogen-bond donors (Lipinski definition) is 2. The number of rotatable bonds is 5. The molecular weight excluding hydrogens is 324 g/mol. The summed E-state index contributed by atoms with van der Waals surface area (Å²) in [5.74, 6) is -0.860. The molecule has 0 saturated carbocycles. The van der Waals surface area contributed by atoms with Crippen LogP contribution in [0.4, 0.5) is 35.0 Å². The van der Waals surface area contributed by atoms with Crippen LogP contribution in [-0.4, -0.2) is 16.5 Å². The molecule has 130 valence electrons. The van der Waals surface area contributed by atoms with E-state index in [1.54, 1.807) is 13.0 Å². The summed E-state index contributed by atoms with van der Waals surface area (Å²) in [5.41, 5.74) is -0.101. The molecule has 2 N–H and O–H groups in total. The lowest BCUT2D eigenvalue weighted by Gasteiger charge is -2.16. The molecule has 0 atom stereocenters. The number of nitrogens with zero attached hydrogens (tertiary/aromatic N) is 2. The van der Waals surface area contributed by atoms with E-state index in [1.165, 1.54) is 12.1 Å². The number of aromatic nitrogens is 2. The van der Waals surface area contributed by atoms with E-state index in [0.717, 1.165) is 0 Å². The van der Waals surface area contributed by atoms with Gasteiger partial charge in [-0.15, -0.1) is 0 Å². The van der Waals surface area contributed by atoms with Crippen molar-refractivity contribution in [1.82, 2.24) is 9.97 Å². The van der Waals surface area contributed by atoms with Crippen molar-refractivity contribution in [3.8, 4) is 0 Å². The molecule has 1 aromatic heterocycles. The van der Waals surface area contributed by atoms with Gasteiger partial charge in [0.15, 0.2) is 0 Å². The lowest BCUT2D eigenvalue weighted by molar-refractivity contribution is -0.137. The Labute approximate surface area is 137 Å². The van der Waals surface area contributed by atoms with Gasteiger partial charge in [0.1, 0.15) is 17.2 Å². The molecule has 0 spiro atoms. The minimum absolute atomic E-state index is 0.0357. The first kappa shape index (κ1) is 18.0. The number of hydrogen-bond acceptors (Lipinski definition) is 4. The molecule has 2 rings (SSSR count). The summed E-state index contributed by atoms with van der Waals surface area (Å²) >= 11 is 0. The topological polar surface area (TPSA) is 49.8 Å². The average Bonchev–Trinajstić information content (AvgIpc) is 2.46. The molecular formula is C16H18F4N4. The van der Waals surface area contributed by atoms with Crippen LogP contribution in [0.1, 0.15) is 37.8 Å². The molecule has 0 saturated heterocycles. The summed E-state index contributed by atoms with van der Waals surface area (Å²) in [7, 11) is 0. The Hall–Kier alpha value is -2.38. The van der Waals surface area contributed by atoms with E-state index in [1.807, 2.05) is 13.8 Å². The quantitative estimate of drug-likeness (QED) is 0.756. The zero-order valence-corrected chi connectivity index (χ0v) is 13.5. The maximum atomic E-state index is 14.0. The van der Waals surface area contributed by atoms with Crippen molar-refractivity contribution in [1.29, 1.82) is 0 Å². The van der Waals surface area contributed by atoms with Crippen LogP contribution in [0.2, 0.25) is 0 Å². The first-order chi connectivity index (χ1) is 11.2. The fourth-order valence-electron chi connectivity index (χ4n) is 2.30. The SMILES string of the molecule is CCNc1nc(Nc2cccc(F)c2C(C)C)ncc1C(F)(F)F. The van der Waals surface area contributed by atoms with Gasteiger partial charge in [0.2, 0.25) is 5.95 Å². The van der Waals surface area contributed by atoms with Gasteiger partial charge in [-0.05, 0) is 25.0 Å². The second kappa shape index (κ2) is 7.02. The highest BCUT2D eigenvalue weighted by molar-refractivity contribution is 5.61. The van der Waals surface area contributed by atoms with Gasteiger partial charge in [0.25, 0.3) is 0 Å². The van der Waals surface area contributed by atoms with Gasteiger partial charge in [-0.3, -0.25) is 0 Å². The van der Waals surface area contributed by atoms with Gasteiger partial charge < -0.3 is 10.6 Å². The Morgan fingerprint density at radius 3 is 2.50 bits per heavy atom. The molecule has 0 unspecified atom stereocenters. The van der Waals surface area contributed by atoms with Crippen LogP contribution in [0.25, 0.3) is 0 Å². The van der Waals surface area contributed by atoms with E-state index in [9.17, 15) is 17.6 Å². The summed E-state index contributed by atoms with van der Waals surface area (Å²) in [5, 5.41) is 5.38. The predicted molar refractivity (Wildman–Crippen MR) is 85.0 cm³/mol. The summed E-state index contributed by atoms with van der Waals surface area (Å²) < 4.78 is 52.9. The third-order valence-electron chi connectivity index (χ3n) is 3.32. The van der Waals surface area contributed by atoms with Crippen molar-refractivity contribution in [2.45, 2.75) is 32.9 Å². The van der Waals surface area contributed by atoms with Gasteiger partial charge >= 0.3 is 6.18 Å². The second-order valence-corrected chi connectivity index (χ2v) is 5.46. The molecule has 0 radical (unpaired) electrons. The van der Waals surface area contributed by atoms with Crippen molar-refractivity contribution < 1.29 is 17.6 Å². The Morgan fingerprint density at radius 1 is 1.21 bits per heavy atom. The molecule has 0 aliphatic carbocycles. The van der Waals surface area contributed by atoms with Crippen LogP contribution in [-0.2, 0) is 6.18 Å². The fraction of sp³-hybridized carbons (Fsp3) is 0.375. The van der Waals surface area contributed by atoms with Gasteiger partial charge in [-0.2, -0.15) is 18.2 Å². The Balaban J connectivity index is 2.41. The summed E-state index contributed by atoms with van der Waals surface area (Å²) in [6.45, 7) is 5.58. The molecule has 1 aromatic carbocycles. The largest absolute Gasteiger partial charge is 0.421 e. The van der Waals surface area contributed by atoms with Crippen molar-refractivity contribution in [2.24, 2.45) is 0 Å². The Kier molecular flexibility index (Phi) is 5.26. The van der Waals surface area contributed by atoms with E-state index in [0.29, 0.717) is 17.4 Å². The zero-order valence-electron chi connectivity index (χ0n) is 13.5. The lowest BCUT2D eigenvalue weighted by Crippen LogP contribution is -2.14. The van der Waals surface area contributed by atoms with Crippen LogP contribution < -0.4 is 10.6 Å². The van der Waals surface area contributed by atoms with Crippen LogP contribution in [0.5, 0.6) is 0 Å². The predicted octanol–water partition coefficient (Wildman–Crippen LogP) is 4.93. The molecule has 2 aromatic rings. The smallest absolute Gasteiger partial charge is 0.370 e. The molecule has 0 aliphatic heterocycles. The van der Waals surface area contributed by atoms with E-state index in [4.69, 9.17) is 0 Å². The van der Waals surface area contributed by atoms with Crippen molar-refractivity contribution in [3.63, 3.8) is 0 Å². The number of halogens is 4. The second-order valence-electron chi connectivity index (χ2n) is 5.46. The normalized spacial score (nSPS) is 11.7. The van der Waals surface area contributed by atoms with Crippen LogP contribution in [0, 0.1) is 5.82 Å². The standard InChI is InChI=1S/C16H18F4N4/c1-4-21-14-10(16(18,19)20)8-22-15(24-14)23-12-7-5-6-11(17)13(12)9(2)3/h5-9H,4H2,1-3H3,(H2,21,22,23,24). The fourth-order valence-corrected chi connectivity index (χ4v) is 2.30. The first-order valence-electron chi connectivity index (χ1n) is 7.47. The van der Waals surface area contributed by atoms with Gasteiger partial charge in [0, 0.05) is 24.0 Å². The lowest BCUT2D eigenvalue weighted by atomic mass is 10.0. The minimum atomic E-state index is -4.56. The number of nitrogens with one attached hydrogen (secondary N) is 2. The molecule has 8 heteroatoms. The van der Waals surface area contributed by atoms with Gasteiger partial charge in [-0.1, -0.05) is 19.9 Å². The molecule has 4 nitrogen and oxygen atoms in total. The molecule has 0 amide bonds. The van der Waals surface area contributed by atoms with Crippen molar-refractivity contribution in [2.75, 3.05) is 17.2 Å². The Morgan fingerprint density at radius 2 is 1.92 bits per heavy atom. The van der Waals surface area contributed by atoms with E-state index < -0.39 is 17.6 Å². The highest BCUT2D eigenvalue weighted by Crippen LogP contribution is 2.34. The van der Waals surface area contributed by atoms with E-state index in [2.05, 4.69) is 20.6 Å². The molecule has 24 heavy (non-hydrogen) atoms. The van der Waals surface area contributed by atoms with Crippen LogP contribution in [0.3, 0.4) is 0 Å². The number of alkyl halides is 3. The highest BCUT2D eigenvalue weighted by Gasteiger charge is 2.35. The molecule has 0 bridgehead atoms. The van der Waals surface area contributed by atoms with Crippen molar-refractivity contribution in [3.05, 3.63) is 41.3 Å². The van der Waals surface area contributed by atoms with E-state index >= 15 is 0 Å². The van der Waals surface area contributed by atoms with Crippen molar-refractivity contribution >= 4 is 17.5 Å². The molecule has 1 heterocycles. The highest BCUT2D eigenvalue weighted by atomic mass is 19.4. The maximum Gasteiger partial charge on any atom is 0.421 e. The van der Waals surface area contributed by atoms with E-state index in [-0.39, 0.29) is 24.2 Å². The first-order valence-corrected chi connectivity index (χ1v) is 7.47. The minimum Gasteiger partial charge on any atom is -0.370 e. The number of benzene rings is 1. The Bertz CT molecular complexity index is 714. The van der Waals surface area contributed by atoms with Crippen LogP contribution in [0.15, 0.2) is 24.4 Å². The molecule has 0 aliphatic rings. The molecule has 0 fully saturated rings. The third kappa shape index (κ3) is 3.93. The third-order valence-corrected chi connectivity index (χ3v) is 3.32. The summed E-state index contributed by atoms with van der Waals surface area (Å²) in [4.78, 5) is 7.59. The van der Waals surface area contributed by atoms with Crippen LogP contribution >= 0.6 is 0 Å². The van der Waals surface area contributed by atoms with Gasteiger partial charge in [-0.25, -0.2) is 9.37 Å². The summed E-state index contributed by atoms with van der Waals surface area (Å²) in [6, 6.07) is 4.48.